The van der Waals surface area contributed by atoms with Crippen LogP contribution in [0.1, 0.15) is 31.2 Å². The Hall–Kier alpha value is -1.34. The third kappa shape index (κ3) is 6.07. The summed E-state index contributed by atoms with van der Waals surface area (Å²) in [6.45, 7) is 5.63. The quantitative estimate of drug-likeness (QED) is 0.711. The Morgan fingerprint density at radius 2 is 2.00 bits per heavy atom. The zero-order valence-corrected chi connectivity index (χ0v) is 16.7. The van der Waals surface area contributed by atoms with Crippen LogP contribution < -0.4 is 9.47 Å². The maximum absolute atomic E-state index is 10.4. The number of hydrogen-bond donors (Lipinski definition) is 1. The maximum atomic E-state index is 10.4. The summed E-state index contributed by atoms with van der Waals surface area (Å²) in [5, 5.41) is 10.4. The van der Waals surface area contributed by atoms with Crippen molar-refractivity contribution in [1.29, 1.82) is 0 Å². The first-order valence-corrected chi connectivity index (χ1v) is 10.1. The number of aliphatic hydroxyl groups is 1. The van der Waals surface area contributed by atoms with Gasteiger partial charge in [-0.15, -0.1) is 0 Å². The summed E-state index contributed by atoms with van der Waals surface area (Å²) in [5.41, 5.74) is 1.12. The molecule has 1 aromatic rings. The normalized spacial score (nSPS) is 20.1. The molecular weight excluding hydrogens is 344 g/mol. The molecule has 0 amide bonds. The lowest BCUT2D eigenvalue weighted by atomic mass is 10.1. The molecule has 1 atom stereocenters. The molecule has 3 rings (SSSR count). The van der Waals surface area contributed by atoms with E-state index in [9.17, 15) is 5.11 Å². The molecule has 0 saturated carbocycles. The maximum Gasteiger partial charge on any atom is 0.127 e. The third-order valence-electron chi connectivity index (χ3n) is 5.61. The topological polar surface area (TPSA) is 54.4 Å². The SMILES string of the molecule is COc1ccc(CN(C)C2CCOCC2)c(OC[C@@H](O)CN2CCCC2)c1. The molecule has 0 aromatic heterocycles. The first kappa shape index (κ1) is 20.4. The van der Waals surface area contributed by atoms with Gasteiger partial charge in [0.05, 0.1) is 7.11 Å². The van der Waals surface area contributed by atoms with Crippen LogP contribution in [0.4, 0.5) is 0 Å². The predicted octanol–water partition coefficient (Wildman–Crippen LogP) is 2.14. The zero-order chi connectivity index (χ0) is 19.1. The number of β-amino-alcohol motifs (C(OH)–C–C–N with tert-alkyl or cyclic N) is 1. The van der Waals surface area contributed by atoms with Crippen molar-refractivity contribution in [2.75, 3.05) is 53.6 Å². The van der Waals surface area contributed by atoms with Gasteiger partial charge in [-0.2, -0.15) is 0 Å². The van der Waals surface area contributed by atoms with Crippen LogP contribution in [0.15, 0.2) is 18.2 Å². The molecule has 0 radical (unpaired) electrons. The van der Waals surface area contributed by atoms with Crippen molar-refractivity contribution in [3.63, 3.8) is 0 Å². The van der Waals surface area contributed by atoms with Crippen LogP contribution in [0, 0.1) is 0 Å². The van der Waals surface area contributed by atoms with E-state index in [2.05, 4.69) is 22.9 Å². The number of hydrogen-bond acceptors (Lipinski definition) is 6. The Morgan fingerprint density at radius 3 is 2.70 bits per heavy atom. The summed E-state index contributed by atoms with van der Waals surface area (Å²) >= 11 is 0. The number of nitrogens with zero attached hydrogens (tertiary/aromatic N) is 2. The van der Waals surface area contributed by atoms with Gasteiger partial charge in [0.2, 0.25) is 0 Å². The minimum absolute atomic E-state index is 0.303. The first-order chi connectivity index (χ1) is 13.2. The van der Waals surface area contributed by atoms with Gasteiger partial charge in [0.1, 0.15) is 24.2 Å². The van der Waals surface area contributed by atoms with Crippen LogP contribution in [0.3, 0.4) is 0 Å². The molecule has 27 heavy (non-hydrogen) atoms. The van der Waals surface area contributed by atoms with Gasteiger partial charge in [-0.25, -0.2) is 0 Å². The number of benzene rings is 1. The van der Waals surface area contributed by atoms with E-state index in [1.165, 1.54) is 12.8 Å². The van der Waals surface area contributed by atoms with Crippen molar-refractivity contribution in [1.82, 2.24) is 9.80 Å². The van der Waals surface area contributed by atoms with Gasteiger partial charge in [0, 0.05) is 44.0 Å². The Kier molecular flexibility index (Phi) is 7.76. The zero-order valence-electron chi connectivity index (χ0n) is 16.7. The fourth-order valence-electron chi connectivity index (χ4n) is 3.95. The van der Waals surface area contributed by atoms with Crippen LogP contribution in [0.2, 0.25) is 0 Å². The highest BCUT2D eigenvalue weighted by Gasteiger charge is 2.21. The molecule has 0 unspecified atom stereocenters. The molecule has 2 saturated heterocycles. The summed E-state index contributed by atoms with van der Waals surface area (Å²) in [4.78, 5) is 4.68. The van der Waals surface area contributed by atoms with E-state index < -0.39 is 6.10 Å². The van der Waals surface area contributed by atoms with Crippen molar-refractivity contribution in [2.45, 2.75) is 44.4 Å². The predicted molar refractivity (Wildman–Crippen MR) is 105 cm³/mol. The second kappa shape index (κ2) is 10.3. The fraction of sp³-hybridized carbons (Fsp3) is 0.714. The summed E-state index contributed by atoms with van der Waals surface area (Å²) in [6.07, 6.45) is 4.11. The standard InChI is InChI=1S/C21H34N2O4/c1-22(18-7-11-26-12-8-18)14-17-5-6-20(25-2)13-21(17)27-16-19(24)15-23-9-3-4-10-23/h5-6,13,18-19,24H,3-4,7-12,14-16H2,1-2H3/t19-/m0/s1. The Bertz CT molecular complexity index is 571. The number of rotatable bonds is 9. The lowest BCUT2D eigenvalue weighted by molar-refractivity contribution is 0.0400. The van der Waals surface area contributed by atoms with Gasteiger partial charge in [-0.05, 0) is 51.9 Å². The van der Waals surface area contributed by atoms with Crippen LogP contribution in [0.25, 0.3) is 0 Å². The van der Waals surface area contributed by atoms with Crippen LogP contribution >= 0.6 is 0 Å². The van der Waals surface area contributed by atoms with Gasteiger partial charge >= 0.3 is 0 Å². The average molecular weight is 379 g/mol. The molecule has 2 aliphatic heterocycles. The molecule has 0 bridgehead atoms. The lowest BCUT2D eigenvalue weighted by Gasteiger charge is -2.31. The molecule has 0 aliphatic carbocycles. The Morgan fingerprint density at radius 1 is 1.26 bits per heavy atom. The van der Waals surface area contributed by atoms with E-state index in [0.29, 0.717) is 19.2 Å². The first-order valence-electron chi connectivity index (χ1n) is 10.1. The van der Waals surface area contributed by atoms with Gasteiger partial charge in [-0.1, -0.05) is 6.07 Å². The number of ether oxygens (including phenoxy) is 3. The van der Waals surface area contributed by atoms with E-state index in [1.807, 2.05) is 12.1 Å². The molecular formula is C21H34N2O4. The van der Waals surface area contributed by atoms with Crippen molar-refractivity contribution >= 4 is 0 Å². The molecule has 2 aliphatic rings. The molecule has 1 aromatic carbocycles. The van der Waals surface area contributed by atoms with Gasteiger partial charge in [0.15, 0.2) is 0 Å². The second-order valence-corrected chi connectivity index (χ2v) is 7.70. The molecule has 152 valence electrons. The highest BCUT2D eigenvalue weighted by molar-refractivity contribution is 5.40. The molecule has 6 heteroatoms. The van der Waals surface area contributed by atoms with Crippen molar-refractivity contribution < 1.29 is 19.3 Å². The van der Waals surface area contributed by atoms with Crippen LogP contribution in [-0.4, -0.2) is 80.7 Å². The highest BCUT2D eigenvalue weighted by Crippen LogP contribution is 2.27. The molecule has 0 spiro atoms. The number of likely N-dealkylation sites (tertiary alicyclic amines) is 1. The fourth-order valence-corrected chi connectivity index (χ4v) is 3.95. The van der Waals surface area contributed by atoms with Gasteiger partial charge in [-0.3, -0.25) is 4.90 Å². The van der Waals surface area contributed by atoms with Crippen LogP contribution in [-0.2, 0) is 11.3 Å². The van der Waals surface area contributed by atoms with Gasteiger partial charge < -0.3 is 24.2 Å². The second-order valence-electron chi connectivity index (χ2n) is 7.70. The average Bonchev–Trinajstić information content (AvgIpc) is 3.20. The Labute approximate surface area is 163 Å². The smallest absolute Gasteiger partial charge is 0.127 e. The van der Waals surface area contributed by atoms with E-state index >= 15 is 0 Å². The van der Waals surface area contributed by atoms with Crippen LogP contribution in [0.5, 0.6) is 11.5 Å². The molecule has 6 nitrogen and oxygen atoms in total. The Balaban J connectivity index is 1.59. The monoisotopic (exact) mass is 378 g/mol. The van der Waals surface area contributed by atoms with Crippen molar-refractivity contribution in [2.24, 2.45) is 0 Å². The molecule has 2 fully saturated rings. The van der Waals surface area contributed by atoms with Crippen molar-refractivity contribution in [3.8, 4) is 11.5 Å². The van der Waals surface area contributed by atoms with Gasteiger partial charge in [0.25, 0.3) is 0 Å². The highest BCUT2D eigenvalue weighted by atomic mass is 16.5. The number of aliphatic hydroxyl groups excluding tert-OH is 1. The molecule has 1 N–H and O–H groups in total. The summed E-state index contributed by atoms with van der Waals surface area (Å²) < 4.78 is 16.9. The lowest BCUT2D eigenvalue weighted by Crippen LogP contribution is -2.36. The summed E-state index contributed by atoms with van der Waals surface area (Å²) in [7, 11) is 3.82. The number of methoxy groups -OCH3 is 1. The van der Waals surface area contributed by atoms with E-state index in [4.69, 9.17) is 14.2 Å². The summed E-state index contributed by atoms with van der Waals surface area (Å²) in [6, 6.07) is 6.50. The van der Waals surface area contributed by atoms with E-state index in [-0.39, 0.29) is 0 Å². The van der Waals surface area contributed by atoms with E-state index in [1.54, 1.807) is 7.11 Å². The minimum Gasteiger partial charge on any atom is -0.497 e. The van der Waals surface area contributed by atoms with E-state index in [0.717, 1.165) is 62.8 Å². The largest absolute Gasteiger partial charge is 0.497 e. The van der Waals surface area contributed by atoms with Crippen molar-refractivity contribution in [3.05, 3.63) is 23.8 Å². The summed E-state index contributed by atoms with van der Waals surface area (Å²) in [5.74, 6) is 1.57. The minimum atomic E-state index is -0.477. The molecule has 2 heterocycles. The third-order valence-corrected chi connectivity index (χ3v) is 5.61.